The van der Waals surface area contributed by atoms with Crippen molar-refractivity contribution in [1.82, 2.24) is 10.2 Å². The van der Waals surface area contributed by atoms with Gasteiger partial charge in [0.2, 0.25) is 0 Å². The van der Waals surface area contributed by atoms with Crippen molar-refractivity contribution < 1.29 is 9.84 Å². The molecule has 0 aromatic heterocycles. The standard InChI is InChI=1S/C15H23BrN2O2/c1-17-15(12-3-2-4-13(16)9-12)5-6-18-7-8-20-14(10-18)11-19/h2-4,9,14-15,17,19H,5-8,10-11H2,1H3. The molecule has 112 valence electrons. The van der Waals surface area contributed by atoms with Gasteiger partial charge >= 0.3 is 0 Å². The lowest BCUT2D eigenvalue weighted by atomic mass is 10.0. The number of rotatable bonds is 6. The molecular formula is C15H23BrN2O2. The molecule has 1 aromatic carbocycles. The van der Waals surface area contributed by atoms with Gasteiger partial charge in [0.15, 0.2) is 0 Å². The van der Waals surface area contributed by atoms with E-state index in [0.29, 0.717) is 12.6 Å². The summed E-state index contributed by atoms with van der Waals surface area (Å²) in [5.74, 6) is 0. The fraction of sp³-hybridized carbons (Fsp3) is 0.600. The first-order valence-corrected chi connectivity index (χ1v) is 7.89. The SMILES string of the molecule is CNC(CCN1CCOC(CO)C1)c1cccc(Br)c1. The van der Waals surface area contributed by atoms with Crippen LogP contribution in [0.2, 0.25) is 0 Å². The van der Waals surface area contributed by atoms with Gasteiger partial charge in [-0.3, -0.25) is 4.90 Å². The van der Waals surface area contributed by atoms with Gasteiger partial charge in [0.25, 0.3) is 0 Å². The molecule has 5 heteroatoms. The van der Waals surface area contributed by atoms with Crippen LogP contribution < -0.4 is 5.32 Å². The summed E-state index contributed by atoms with van der Waals surface area (Å²) in [6.07, 6.45) is 1.02. The Morgan fingerprint density at radius 1 is 1.55 bits per heavy atom. The molecule has 1 aliphatic rings. The molecule has 0 bridgehead atoms. The molecule has 0 spiro atoms. The van der Waals surface area contributed by atoms with Crippen molar-refractivity contribution in [2.75, 3.05) is 39.9 Å². The molecule has 1 fully saturated rings. The minimum atomic E-state index is -0.0253. The van der Waals surface area contributed by atoms with Gasteiger partial charge in [0, 0.05) is 30.1 Å². The number of benzene rings is 1. The monoisotopic (exact) mass is 342 g/mol. The Bertz CT molecular complexity index is 417. The number of hydrogen-bond donors (Lipinski definition) is 2. The van der Waals surface area contributed by atoms with Crippen molar-refractivity contribution in [2.45, 2.75) is 18.6 Å². The molecule has 0 aliphatic carbocycles. The summed E-state index contributed by atoms with van der Waals surface area (Å²) < 4.78 is 6.59. The van der Waals surface area contributed by atoms with Crippen LogP contribution in [0.1, 0.15) is 18.0 Å². The summed E-state index contributed by atoms with van der Waals surface area (Å²) in [6.45, 7) is 3.61. The molecule has 1 aromatic rings. The van der Waals surface area contributed by atoms with Gasteiger partial charge in [-0.05, 0) is 31.2 Å². The summed E-state index contributed by atoms with van der Waals surface area (Å²) >= 11 is 3.52. The number of aliphatic hydroxyl groups excluding tert-OH is 1. The third-order valence-corrected chi connectivity index (χ3v) is 4.25. The second kappa shape index (κ2) is 8.10. The first kappa shape index (κ1) is 15.9. The fourth-order valence-electron chi connectivity index (χ4n) is 2.61. The summed E-state index contributed by atoms with van der Waals surface area (Å²) in [5, 5.41) is 12.6. The molecule has 0 amide bonds. The summed E-state index contributed by atoms with van der Waals surface area (Å²) in [7, 11) is 2.00. The van der Waals surface area contributed by atoms with Gasteiger partial charge in [0.1, 0.15) is 0 Å². The Morgan fingerprint density at radius 2 is 2.40 bits per heavy atom. The molecule has 2 unspecified atom stereocenters. The molecule has 2 N–H and O–H groups in total. The minimum absolute atomic E-state index is 0.0253. The number of ether oxygens (including phenoxy) is 1. The lowest BCUT2D eigenvalue weighted by Gasteiger charge is -2.33. The minimum Gasteiger partial charge on any atom is -0.394 e. The number of hydrogen-bond acceptors (Lipinski definition) is 4. The van der Waals surface area contributed by atoms with Gasteiger partial charge in [-0.15, -0.1) is 0 Å². The highest BCUT2D eigenvalue weighted by molar-refractivity contribution is 9.10. The third-order valence-electron chi connectivity index (χ3n) is 3.76. The van der Waals surface area contributed by atoms with Crippen LogP contribution in [0.15, 0.2) is 28.7 Å². The fourth-order valence-corrected chi connectivity index (χ4v) is 3.02. The molecule has 2 atom stereocenters. The average Bonchev–Trinajstić information content (AvgIpc) is 2.48. The number of nitrogens with zero attached hydrogens (tertiary/aromatic N) is 1. The van der Waals surface area contributed by atoms with E-state index < -0.39 is 0 Å². The maximum atomic E-state index is 9.17. The highest BCUT2D eigenvalue weighted by atomic mass is 79.9. The van der Waals surface area contributed by atoms with E-state index >= 15 is 0 Å². The largest absolute Gasteiger partial charge is 0.394 e. The first-order chi connectivity index (χ1) is 9.72. The Balaban J connectivity index is 1.87. The zero-order chi connectivity index (χ0) is 14.4. The highest BCUT2D eigenvalue weighted by Gasteiger charge is 2.20. The molecule has 2 rings (SSSR count). The molecule has 0 radical (unpaired) electrons. The summed E-state index contributed by atoms with van der Waals surface area (Å²) in [5.41, 5.74) is 1.30. The van der Waals surface area contributed by atoms with E-state index in [1.54, 1.807) is 0 Å². The number of halogens is 1. The Kier molecular flexibility index (Phi) is 6.45. The van der Waals surface area contributed by atoms with E-state index in [1.165, 1.54) is 5.56 Å². The van der Waals surface area contributed by atoms with Gasteiger partial charge in [-0.1, -0.05) is 28.1 Å². The van der Waals surface area contributed by atoms with E-state index in [-0.39, 0.29) is 12.7 Å². The molecule has 4 nitrogen and oxygen atoms in total. The maximum Gasteiger partial charge on any atom is 0.0932 e. The quantitative estimate of drug-likeness (QED) is 0.827. The predicted octanol–water partition coefficient (Wildman–Crippen LogP) is 1.79. The molecule has 0 saturated carbocycles. The first-order valence-electron chi connectivity index (χ1n) is 7.10. The topological polar surface area (TPSA) is 44.7 Å². The Hall–Kier alpha value is -0.460. The Morgan fingerprint density at radius 3 is 3.10 bits per heavy atom. The molecule has 20 heavy (non-hydrogen) atoms. The van der Waals surface area contributed by atoms with Crippen LogP contribution in [-0.2, 0) is 4.74 Å². The van der Waals surface area contributed by atoms with E-state index in [0.717, 1.165) is 30.5 Å². The predicted molar refractivity (Wildman–Crippen MR) is 83.8 cm³/mol. The van der Waals surface area contributed by atoms with Crippen molar-refractivity contribution >= 4 is 15.9 Å². The lowest BCUT2D eigenvalue weighted by Crippen LogP contribution is -2.44. The number of nitrogens with one attached hydrogen (secondary N) is 1. The second-order valence-corrected chi connectivity index (χ2v) is 6.08. The highest BCUT2D eigenvalue weighted by Crippen LogP contribution is 2.21. The second-order valence-electron chi connectivity index (χ2n) is 5.16. The average molecular weight is 343 g/mol. The van der Waals surface area contributed by atoms with Crippen molar-refractivity contribution in [2.24, 2.45) is 0 Å². The van der Waals surface area contributed by atoms with E-state index in [9.17, 15) is 5.11 Å². The Labute approximate surface area is 129 Å². The third kappa shape index (κ3) is 4.53. The van der Waals surface area contributed by atoms with Crippen molar-refractivity contribution in [3.8, 4) is 0 Å². The van der Waals surface area contributed by atoms with Crippen LogP contribution in [0.4, 0.5) is 0 Å². The maximum absolute atomic E-state index is 9.17. The lowest BCUT2D eigenvalue weighted by molar-refractivity contribution is -0.0533. The van der Waals surface area contributed by atoms with Crippen LogP contribution in [0.3, 0.4) is 0 Å². The molecule has 1 aliphatic heterocycles. The zero-order valence-corrected chi connectivity index (χ0v) is 13.5. The smallest absolute Gasteiger partial charge is 0.0932 e. The van der Waals surface area contributed by atoms with E-state index in [1.807, 2.05) is 13.1 Å². The van der Waals surface area contributed by atoms with Crippen molar-refractivity contribution in [3.63, 3.8) is 0 Å². The number of morpholine rings is 1. The number of aliphatic hydroxyl groups is 1. The van der Waals surface area contributed by atoms with Crippen LogP contribution in [0, 0.1) is 0 Å². The van der Waals surface area contributed by atoms with Crippen molar-refractivity contribution in [3.05, 3.63) is 34.3 Å². The normalized spacial score (nSPS) is 21.9. The van der Waals surface area contributed by atoms with Crippen LogP contribution >= 0.6 is 15.9 Å². The molecule has 1 saturated heterocycles. The van der Waals surface area contributed by atoms with Gasteiger partial charge in [-0.2, -0.15) is 0 Å². The van der Waals surface area contributed by atoms with Crippen LogP contribution in [0.5, 0.6) is 0 Å². The molecule has 1 heterocycles. The van der Waals surface area contributed by atoms with Gasteiger partial charge in [0.05, 0.1) is 19.3 Å². The van der Waals surface area contributed by atoms with Crippen LogP contribution in [-0.4, -0.2) is 56.0 Å². The van der Waals surface area contributed by atoms with Crippen LogP contribution in [0.25, 0.3) is 0 Å². The van der Waals surface area contributed by atoms with Gasteiger partial charge < -0.3 is 15.2 Å². The zero-order valence-electron chi connectivity index (χ0n) is 11.9. The van der Waals surface area contributed by atoms with E-state index in [2.05, 4.69) is 44.3 Å². The summed E-state index contributed by atoms with van der Waals surface area (Å²) in [6, 6.07) is 8.78. The van der Waals surface area contributed by atoms with E-state index in [4.69, 9.17) is 4.74 Å². The molecular weight excluding hydrogens is 320 g/mol. The van der Waals surface area contributed by atoms with Crippen molar-refractivity contribution in [1.29, 1.82) is 0 Å². The van der Waals surface area contributed by atoms with Gasteiger partial charge in [-0.25, -0.2) is 0 Å². The summed E-state index contributed by atoms with van der Waals surface area (Å²) in [4.78, 5) is 2.37.